The van der Waals surface area contributed by atoms with E-state index in [2.05, 4.69) is 15.7 Å². The van der Waals surface area contributed by atoms with Gasteiger partial charge in [0.25, 0.3) is 5.91 Å². The predicted molar refractivity (Wildman–Crippen MR) is 119 cm³/mol. The van der Waals surface area contributed by atoms with E-state index < -0.39 is 5.97 Å². The second-order valence-electron chi connectivity index (χ2n) is 7.09. The molecule has 0 aliphatic heterocycles. The van der Waals surface area contributed by atoms with Gasteiger partial charge in [0.2, 0.25) is 5.91 Å². The topological polar surface area (TPSA) is 102 Å². The molecule has 0 radical (unpaired) electrons. The molecule has 2 amide bonds. The molecule has 3 aromatic rings. The van der Waals surface area contributed by atoms with Crippen molar-refractivity contribution in [3.05, 3.63) is 83.2 Å². The Morgan fingerprint density at radius 1 is 1.00 bits per heavy atom. The molecule has 0 fully saturated rings. The molecule has 0 unspecified atom stereocenters. The maximum atomic E-state index is 12.4. The van der Waals surface area contributed by atoms with E-state index in [-0.39, 0.29) is 24.8 Å². The van der Waals surface area contributed by atoms with E-state index >= 15 is 0 Å². The van der Waals surface area contributed by atoms with Crippen molar-refractivity contribution in [2.24, 2.45) is 0 Å². The Morgan fingerprint density at radius 3 is 2.41 bits per heavy atom. The number of benzene rings is 2. The Bertz CT molecular complexity index is 1080. The third kappa shape index (κ3) is 5.81. The van der Waals surface area contributed by atoms with Crippen LogP contribution in [0.5, 0.6) is 0 Å². The van der Waals surface area contributed by atoms with E-state index in [4.69, 9.17) is 4.74 Å². The molecule has 8 nitrogen and oxygen atoms in total. The molecule has 2 aromatic carbocycles. The lowest BCUT2D eigenvalue weighted by atomic mass is 10.2. The van der Waals surface area contributed by atoms with Crippen LogP contribution in [0.1, 0.15) is 45.3 Å². The lowest BCUT2D eigenvalue weighted by Crippen LogP contribution is -2.30. The van der Waals surface area contributed by atoms with Crippen LogP contribution in [0.2, 0.25) is 0 Å². The number of hydrogen-bond donors (Lipinski definition) is 2. The van der Waals surface area contributed by atoms with Crippen molar-refractivity contribution in [3.8, 4) is 5.69 Å². The Kier molecular flexibility index (Phi) is 7.75. The highest BCUT2D eigenvalue weighted by molar-refractivity contribution is 5.94. The van der Waals surface area contributed by atoms with Crippen LogP contribution < -0.4 is 10.6 Å². The molecule has 0 aliphatic carbocycles. The highest BCUT2D eigenvalue weighted by atomic mass is 16.5. The van der Waals surface area contributed by atoms with Crippen molar-refractivity contribution in [2.45, 2.75) is 26.8 Å². The molecule has 8 heteroatoms. The van der Waals surface area contributed by atoms with Crippen molar-refractivity contribution in [1.82, 2.24) is 20.4 Å². The minimum Gasteiger partial charge on any atom is -0.462 e. The number of rotatable bonds is 9. The molecule has 0 spiro atoms. The van der Waals surface area contributed by atoms with Crippen LogP contribution in [0.25, 0.3) is 5.69 Å². The van der Waals surface area contributed by atoms with Gasteiger partial charge in [0.15, 0.2) is 0 Å². The van der Waals surface area contributed by atoms with Gasteiger partial charge in [-0.15, -0.1) is 0 Å². The van der Waals surface area contributed by atoms with Crippen LogP contribution in [0.3, 0.4) is 0 Å². The number of hydrogen-bond acceptors (Lipinski definition) is 5. The highest BCUT2D eigenvalue weighted by Gasteiger charge is 2.16. The maximum absolute atomic E-state index is 12.4. The average Bonchev–Trinajstić information content (AvgIpc) is 3.20. The Morgan fingerprint density at radius 2 is 1.72 bits per heavy atom. The first-order chi connectivity index (χ1) is 15.5. The van der Waals surface area contributed by atoms with Crippen LogP contribution in [0.4, 0.5) is 0 Å². The summed E-state index contributed by atoms with van der Waals surface area (Å²) >= 11 is 0. The number of esters is 1. The molecule has 1 aromatic heterocycles. The first-order valence-electron chi connectivity index (χ1n) is 10.4. The molecular formula is C24H26N4O4. The molecule has 0 saturated heterocycles. The van der Waals surface area contributed by atoms with Gasteiger partial charge in [-0.1, -0.05) is 30.3 Å². The molecule has 2 N–H and O–H groups in total. The summed E-state index contributed by atoms with van der Waals surface area (Å²) in [7, 11) is 0. The molecule has 0 aliphatic rings. The van der Waals surface area contributed by atoms with Gasteiger partial charge < -0.3 is 15.4 Å². The predicted octanol–water partition coefficient (Wildman–Crippen LogP) is 2.79. The van der Waals surface area contributed by atoms with E-state index in [1.807, 2.05) is 30.3 Å². The van der Waals surface area contributed by atoms with Gasteiger partial charge >= 0.3 is 5.97 Å². The van der Waals surface area contributed by atoms with E-state index in [0.29, 0.717) is 30.0 Å². The van der Waals surface area contributed by atoms with Crippen LogP contribution in [0, 0.1) is 6.92 Å². The first-order valence-corrected chi connectivity index (χ1v) is 10.4. The summed E-state index contributed by atoms with van der Waals surface area (Å²) in [6.45, 7) is 4.52. The van der Waals surface area contributed by atoms with Crippen molar-refractivity contribution < 1.29 is 19.1 Å². The summed E-state index contributed by atoms with van der Waals surface area (Å²) < 4.78 is 6.64. The van der Waals surface area contributed by atoms with Crippen molar-refractivity contribution >= 4 is 17.8 Å². The maximum Gasteiger partial charge on any atom is 0.341 e. The normalized spacial score (nSPS) is 10.4. The lowest BCUT2D eigenvalue weighted by Gasteiger charge is -2.09. The van der Waals surface area contributed by atoms with Crippen LogP contribution in [0.15, 0.2) is 60.8 Å². The smallest absolute Gasteiger partial charge is 0.341 e. The first kappa shape index (κ1) is 22.7. The third-order valence-electron chi connectivity index (χ3n) is 4.85. The largest absolute Gasteiger partial charge is 0.462 e. The van der Waals surface area contributed by atoms with Crippen LogP contribution in [-0.2, 0) is 16.1 Å². The van der Waals surface area contributed by atoms with E-state index in [0.717, 1.165) is 11.3 Å². The van der Waals surface area contributed by atoms with Crippen LogP contribution in [-0.4, -0.2) is 40.7 Å². The van der Waals surface area contributed by atoms with Gasteiger partial charge in [0.05, 0.1) is 24.2 Å². The molecule has 32 heavy (non-hydrogen) atoms. The summed E-state index contributed by atoms with van der Waals surface area (Å²) in [4.78, 5) is 36.3. The summed E-state index contributed by atoms with van der Waals surface area (Å²) in [5.74, 6) is -0.812. The summed E-state index contributed by atoms with van der Waals surface area (Å²) in [5, 5.41) is 9.82. The lowest BCUT2D eigenvalue weighted by molar-refractivity contribution is -0.121. The minimum atomic E-state index is -0.417. The zero-order valence-corrected chi connectivity index (χ0v) is 18.1. The summed E-state index contributed by atoms with van der Waals surface area (Å²) in [6.07, 6.45) is 1.66. The number of nitrogens with zero attached hydrogens (tertiary/aromatic N) is 2. The fraction of sp³-hybridized carbons (Fsp3) is 0.250. The van der Waals surface area contributed by atoms with Gasteiger partial charge in [-0.2, -0.15) is 5.10 Å². The molecular weight excluding hydrogens is 408 g/mol. The zero-order valence-electron chi connectivity index (χ0n) is 18.1. The molecule has 0 bridgehead atoms. The number of nitrogens with one attached hydrogen (secondary N) is 2. The summed E-state index contributed by atoms with van der Waals surface area (Å²) in [6, 6.07) is 16.5. The molecule has 0 saturated carbocycles. The monoisotopic (exact) mass is 434 g/mol. The molecule has 3 rings (SSSR count). The fourth-order valence-corrected chi connectivity index (χ4v) is 3.11. The Balaban J connectivity index is 1.50. The number of amides is 2. The van der Waals surface area contributed by atoms with Gasteiger partial charge in [0.1, 0.15) is 5.56 Å². The fourth-order valence-electron chi connectivity index (χ4n) is 3.11. The van der Waals surface area contributed by atoms with Crippen molar-refractivity contribution in [1.29, 1.82) is 0 Å². The molecule has 166 valence electrons. The zero-order chi connectivity index (χ0) is 22.9. The van der Waals surface area contributed by atoms with Crippen molar-refractivity contribution in [3.63, 3.8) is 0 Å². The molecule has 1 heterocycles. The van der Waals surface area contributed by atoms with Gasteiger partial charge in [0, 0.05) is 25.1 Å². The SMILES string of the molecule is CCOC(=O)c1cnn(-c2ccc(C(=O)NCCC(=O)NCc3ccccc3)cc2)c1C. The van der Waals surface area contributed by atoms with Gasteiger partial charge in [-0.05, 0) is 43.7 Å². The minimum absolute atomic E-state index is 0.129. The third-order valence-corrected chi connectivity index (χ3v) is 4.85. The second-order valence-corrected chi connectivity index (χ2v) is 7.09. The van der Waals surface area contributed by atoms with Crippen LogP contribution >= 0.6 is 0 Å². The Hall–Kier alpha value is -3.94. The number of carbonyl (C=O) groups excluding carboxylic acids is 3. The quantitative estimate of drug-likeness (QED) is 0.504. The van der Waals surface area contributed by atoms with Gasteiger partial charge in [-0.3, -0.25) is 9.59 Å². The number of aromatic nitrogens is 2. The second kappa shape index (κ2) is 10.9. The standard InChI is InChI=1S/C24H26N4O4/c1-3-32-24(31)21-16-27-28(17(21)2)20-11-9-19(10-12-20)23(30)25-14-13-22(29)26-15-18-7-5-4-6-8-18/h4-12,16H,3,13-15H2,1-2H3,(H,25,30)(H,26,29). The average molecular weight is 434 g/mol. The van der Waals surface area contributed by atoms with Gasteiger partial charge in [-0.25, -0.2) is 9.48 Å². The molecule has 0 atom stereocenters. The van der Waals surface area contributed by atoms with Crippen molar-refractivity contribution in [2.75, 3.05) is 13.2 Å². The Labute approximate surface area is 186 Å². The van der Waals surface area contributed by atoms with E-state index in [9.17, 15) is 14.4 Å². The van der Waals surface area contributed by atoms with E-state index in [1.54, 1.807) is 42.8 Å². The highest BCUT2D eigenvalue weighted by Crippen LogP contribution is 2.16. The van der Waals surface area contributed by atoms with E-state index in [1.165, 1.54) is 6.20 Å². The number of ether oxygens (including phenoxy) is 1. The number of carbonyl (C=O) groups is 3. The summed E-state index contributed by atoms with van der Waals surface area (Å²) in [5.41, 5.74) is 3.26.